The van der Waals surface area contributed by atoms with Crippen LogP contribution in [0.1, 0.15) is 36.7 Å². The molecule has 0 saturated carbocycles. The monoisotopic (exact) mass is 509 g/mol. The van der Waals surface area contributed by atoms with Crippen molar-refractivity contribution >= 4 is 49.4 Å². The number of methoxy groups -OCH3 is 1. The summed E-state index contributed by atoms with van der Waals surface area (Å²) in [5.74, 6) is -0.706. The van der Waals surface area contributed by atoms with Gasteiger partial charge < -0.3 is 9.47 Å². The number of hydrogen-bond acceptors (Lipinski definition) is 7. The number of amides is 1. The van der Waals surface area contributed by atoms with Crippen molar-refractivity contribution in [1.29, 1.82) is 5.26 Å². The first-order chi connectivity index (χ1) is 14.4. The summed E-state index contributed by atoms with van der Waals surface area (Å²) in [6, 6.07) is 9.91. The minimum Gasteiger partial charge on any atom is -0.465 e. The van der Waals surface area contributed by atoms with Crippen molar-refractivity contribution in [3.63, 3.8) is 0 Å². The minimum absolute atomic E-state index is 0.0314. The lowest BCUT2D eigenvalue weighted by atomic mass is 10.2. The molecule has 0 unspecified atom stereocenters. The second-order valence-electron chi connectivity index (χ2n) is 7.24. The quantitative estimate of drug-likeness (QED) is 0.574. The van der Waals surface area contributed by atoms with Crippen LogP contribution >= 0.6 is 15.9 Å². The molecule has 0 saturated heterocycles. The fraction of sp³-hybridized carbons (Fsp3) is 0.250. The van der Waals surface area contributed by atoms with E-state index < -0.39 is 27.7 Å². The summed E-state index contributed by atoms with van der Waals surface area (Å²) in [6.45, 7) is 5.04. The van der Waals surface area contributed by atoms with Gasteiger partial charge in [0, 0.05) is 4.47 Å². The van der Waals surface area contributed by atoms with Crippen molar-refractivity contribution in [3.05, 3.63) is 52.0 Å². The van der Waals surface area contributed by atoms with Gasteiger partial charge in [-0.15, -0.1) is 0 Å². The maximum absolute atomic E-state index is 13.0. The first-order valence-electron chi connectivity index (χ1n) is 8.81. The fourth-order valence-electron chi connectivity index (χ4n) is 2.37. The van der Waals surface area contributed by atoms with Gasteiger partial charge in [-0.3, -0.25) is 10.0 Å². The van der Waals surface area contributed by atoms with Gasteiger partial charge in [-0.05, 0) is 73.1 Å². The summed E-state index contributed by atoms with van der Waals surface area (Å²) >= 11 is 3.16. The summed E-state index contributed by atoms with van der Waals surface area (Å²) in [6.07, 6.45) is -0.800. The van der Waals surface area contributed by atoms with Crippen LogP contribution in [0.2, 0.25) is 0 Å². The molecule has 0 fully saturated rings. The lowest BCUT2D eigenvalue weighted by Crippen LogP contribution is -2.27. The number of carbonyl (C=O) groups is 2. The Kier molecular flexibility index (Phi) is 7.30. The van der Waals surface area contributed by atoms with Gasteiger partial charge in [-0.1, -0.05) is 0 Å². The zero-order valence-electron chi connectivity index (χ0n) is 17.1. The second kappa shape index (κ2) is 9.36. The molecule has 2 rings (SSSR count). The van der Waals surface area contributed by atoms with E-state index in [1.165, 1.54) is 37.4 Å². The molecule has 0 aromatic heterocycles. The number of nitrogens with one attached hydrogen (secondary N) is 2. The number of halogens is 1. The molecule has 0 spiro atoms. The molecule has 11 heteroatoms. The Balaban J connectivity index is 2.46. The van der Waals surface area contributed by atoms with E-state index in [1.807, 2.05) is 6.07 Å². The van der Waals surface area contributed by atoms with Crippen LogP contribution < -0.4 is 10.0 Å². The molecule has 0 aliphatic rings. The molecular formula is C20H20BrN3O6S. The fourth-order valence-corrected chi connectivity index (χ4v) is 4.44. The van der Waals surface area contributed by atoms with Crippen molar-refractivity contribution in [2.75, 3.05) is 17.1 Å². The Morgan fingerprint density at radius 3 is 2.35 bits per heavy atom. The van der Waals surface area contributed by atoms with Crippen molar-refractivity contribution in [1.82, 2.24) is 0 Å². The molecule has 2 aromatic carbocycles. The van der Waals surface area contributed by atoms with Crippen LogP contribution in [0.4, 0.5) is 16.2 Å². The van der Waals surface area contributed by atoms with Crippen LogP contribution in [0.3, 0.4) is 0 Å². The highest BCUT2D eigenvalue weighted by Crippen LogP contribution is 2.30. The summed E-state index contributed by atoms with van der Waals surface area (Å²) in [5.41, 5.74) is -0.550. The first kappa shape index (κ1) is 24.2. The van der Waals surface area contributed by atoms with Gasteiger partial charge in [0.15, 0.2) is 0 Å². The van der Waals surface area contributed by atoms with Gasteiger partial charge in [-0.2, -0.15) is 5.26 Å². The highest BCUT2D eigenvalue weighted by molar-refractivity contribution is 9.10. The third-order valence-corrected chi connectivity index (χ3v) is 6.03. The van der Waals surface area contributed by atoms with E-state index in [0.29, 0.717) is 0 Å². The van der Waals surface area contributed by atoms with Gasteiger partial charge in [0.2, 0.25) is 0 Å². The highest BCUT2D eigenvalue weighted by Gasteiger charge is 2.23. The molecule has 2 N–H and O–H groups in total. The molecule has 2 aromatic rings. The topological polar surface area (TPSA) is 135 Å². The third-order valence-electron chi connectivity index (χ3n) is 3.67. The Morgan fingerprint density at radius 1 is 1.10 bits per heavy atom. The predicted molar refractivity (Wildman–Crippen MR) is 117 cm³/mol. The van der Waals surface area contributed by atoms with Gasteiger partial charge in [0.1, 0.15) is 10.5 Å². The summed E-state index contributed by atoms with van der Waals surface area (Å²) in [5, 5.41) is 11.6. The molecule has 0 atom stereocenters. The number of sulfonamides is 1. The van der Waals surface area contributed by atoms with E-state index >= 15 is 0 Å². The predicted octanol–water partition coefficient (Wildman–Crippen LogP) is 4.26. The first-order valence-corrected chi connectivity index (χ1v) is 11.1. The number of anilines is 2. The van der Waals surface area contributed by atoms with Gasteiger partial charge in [0.25, 0.3) is 10.0 Å². The van der Waals surface area contributed by atoms with Crippen molar-refractivity contribution < 1.29 is 27.5 Å². The highest BCUT2D eigenvalue weighted by atomic mass is 79.9. The molecule has 164 valence electrons. The molecule has 0 radical (unpaired) electrons. The number of carbonyl (C=O) groups excluding carboxylic acids is 2. The van der Waals surface area contributed by atoms with Gasteiger partial charge in [-0.25, -0.2) is 18.0 Å². The smallest absolute Gasteiger partial charge is 0.412 e. The third kappa shape index (κ3) is 6.44. The zero-order valence-corrected chi connectivity index (χ0v) is 19.5. The molecular weight excluding hydrogens is 490 g/mol. The number of rotatable bonds is 5. The second-order valence-corrected chi connectivity index (χ2v) is 9.75. The summed E-state index contributed by atoms with van der Waals surface area (Å²) in [7, 11) is -3.05. The number of ether oxygens (including phenoxy) is 2. The van der Waals surface area contributed by atoms with Crippen LogP contribution in [-0.4, -0.2) is 33.2 Å². The SMILES string of the molecule is COC(=O)c1ccc(Br)c(S(=O)(=O)Nc2cc(C#N)ccc2NC(=O)OC(C)(C)C)c1. The van der Waals surface area contributed by atoms with Crippen LogP contribution in [0.25, 0.3) is 0 Å². The molecule has 31 heavy (non-hydrogen) atoms. The molecule has 0 bridgehead atoms. The van der Waals surface area contributed by atoms with E-state index in [2.05, 4.69) is 30.7 Å². The molecule has 0 aliphatic carbocycles. The van der Waals surface area contributed by atoms with Crippen LogP contribution in [0.15, 0.2) is 45.8 Å². The molecule has 0 aliphatic heterocycles. The molecule has 9 nitrogen and oxygen atoms in total. The maximum atomic E-state index is 13.0. The summed E-state index contributed by atoms with van der Waals surface area (Å²) < 4.78 is 38.4. The Hall–Kier alpha value is -3.10. The lowest BCUT2D eigenvalue weighted by Gasteiger charge is -2.21. The van der Waals surface area contributed by atoms with Gasteiger partial charge >= 0.3 is 12.1 Å². The Morgan fingerprint density at radius 2 is 1.77 bits per heavy atom. The number of nitrogens with zero attached hydrogens (tertiary/aromatic N) is 1. The van der Waals surface area contributed by atoms with E-state index in [1.54, 1.807) is 20.8 Å². The van der Waals surface area contributed by atoms with E-state index in [9.17, 15) is 23.3 Å². The standard InChI is InChI=1S/C20H20BrN3O6S/c1-20(2,3)30-19(26)23-15-8-5-12(11-22)9-16(15)24-31(27,28)17-10-13(18(25)29-4)6-7-14(17)21/h5-10,24H,1-4H3,(H,23,26). The Labute approximate surface area is 188 Å². The van der Waals surface area contributed by atoms with Crippen molar-refractivity contribution in [2.45, 2.75) is 31.3 Å². The van der Waals surface area contributed by atoms with E-state index in [-0.39, 0.29) is 31.9 Å². The zero-order chi connectivity index (χ0) is 23.4. The van der Waals surface area contributed by atoms with Crippen molar-refractivity contribution in [2.24, 2.45) is 0 Å². The molecule has 0 heterocycles. The lowest BCUT2D eigenvalue weighted by molar-refractivity contribution is 0.0597. The van der Waals surface area contributed by atoms with Crippen molar-refractivity contribution in [3.8, 4) is 6.07 Å². The molecule has 1 amide bonds. The number of hydrogen-bond donors (Lipinski definition) is 2. The Bertz CT molecular complexity index is 1170. The van der Waals surface area contributed by atoms with Crippen LogP contribution in [0, 0.1) is 11.3 Å². The summed E-state index contributed by atoms with van der Waals surface area (Å²) in [4.78, 5) is 23.7. The van der Waals surface area contributed by atoms with E-state index in [0.717, 1.165) is 6.07 Å². The minimum atomic E-state index is -4.23. The normalized spacial score (nSPS) is 11.2. The number of esters is 1. The maximum Gasteiger partial charge on any atom is 0.412 e. The van der Waals surface area contributed by atoms with Gasteiger partial charge in [0.05, 0.1) is 35.7 Å². The number of nitriles is 1. The number of benzene rings is 2. The van der Waals surface area contributed by atoms with Crippen LogP contribution in [0.5, 0.6) is 0 Å². The average Bonchev–Trinajstić information content (AvgIpc) is 2.67. The average molecular weight is 510 g/mol. The van der Waals surface area contributed by atoms with Crippen LogP contribution in [-0.2, 0) is 19.5 Å². The van der Waals surface area contributed by atoms with E-state index in [4.69, 9.17) is 4.74 Å². The largest absolute Gasteiger partial charge is 0.465 e.